The third kappa shape index (κ3) is 6.39. The van der Waals surface area contributed by atoms with Gasteiger partial charge in [0, 0.05) is 63.9 Å². The fraction of sp³-hybridized carbons (Fsp3) is 0.500. The van der Waals surface area contributed by atoms with Gasteiger partial charge in [0.2, 0.25) is 5.91 Å². The molecule has 8 nitrogen and oxygen atoms in total. The summed E-state index contributed by atoms with van der Waals surface area (Å²) in [4.78, 5) is 31.3. The van der Waals surface area contributed by atoms with E-state index in [1.54, 1.807) is 10.00 Å². The van der Waals surface area contributed by atoms with Crippen molar-refractivity contribution in [1.29, 1.82) is 0 Å². The number of halogens is 5. The molecule has 2 aromatic rings. The van der Waals surface area contributed by atoms with Crippen LogP contribution in [0.4, 0.5) is 33.6 Å². The molecule has 0 spiro atoms. The molecule has 1 fully saturated rings. The zero-order valence-electron chi connectivity index (χ0n) is 17.8. The summed E-state index contributed by atoms with van der Waals surface area (Å²) in [5.41, 5.74) is -2.83. The fourth-order valence-corrected chi connectivity index (χ4v) is 3.34. The van der Waals surface area contributed by atoms with E-state index < -0.39 is 23.2 Å². The lowest BCUT2D eigenvalue weighted by Gasteiger charge is -2.35. The summed E-state index contributed by atoms with van der Waals surface area (Å²) < 4.78 is 64.9. The van der Waals surface area contributed by atoms with Crippen molar-refractivity contribution in [2.75, 3.05) is 42.9 Å². The van der Waals surface area contributed by atoms with E-state index in [2.05, 4.69) is 15.4 Å². The summed E-state index contributed by atoms with van der Waals surface area (Å²) >= 11 is 0. The Balaban J connectivity index is 1.42. The number of hydrogen-bond acceptors (Lipinski definition) is 6. The van der Waals surface area contributed by atoms with Gasteiger partial charge in [-0.2, -0.15) is 18.3 Å². The molecule has 13 heteroatoms. The van der Waals surface area contributed by atoms with E-state index in [-0.39, 0.29) is 30.3 Å². The number of carbonyl (C=O) groups is 1. The Kier molecular flexibility index (Phi) is 7.18. The number of hydrogen-bond donors (Lipinski definition) is 2. The number of aromatic amines is 1. The summed E-state index contributed by atoms with van der Waals surface area (Å²) in [7, 11) is 0. The molecule has 1 saturated heterocycles. The maximum Gasteiger partial charge on any atom is 0.421 e. The van der Waals surface area contributed by atoms with E-state index in [0.717, 1.165) is 13.1 Å². The molecule has 0 unspecified atom stereocenters. The van der Waals surface area contributed by atoms with Crippen molar-refractivity contribution in [3.63, 3.8) is 0 Å². The van der Waals surface area contributed by atoms with E-state index >= 15 is 0 Å². The van der Waals surface area contributed by atoms with Crippen LogP contribution < -0.4 is 15.8 Å². The number of nitrogens with zero attached hydrogens (tertiary/aromatic N) is 4. The third-order valence-corrected chi connectivity index (χ3v) is 5.19. The SMILES string of the molecule is CC(F)(F)c1ccc(N2CCN(C(=O)CCCNc3cc(C(F)(F)F)c(=O)[nH]n3)CC2)nc1. The van der Waals surface area contributed by atoms with Gasteiger partial charge in [-0.3, -0.25) is 9.59 Å². The molecule has 0 bridgehead atoms. The quantitative estimate of drug-likeness (QED) is 0.474. The number of nitrogens with one attached hydrogen (secondary N) is 2. The first-order chi connectivity index (χ1) is 15.4. The summed E-state index contributed by atoms with van der Waals surface area (Å²) in [6.07, 6.45) is -3.10. The number of carbonyl (C=O) groups excluding carboxylic acids is 1. The second-order valence-corrected chi connectivity index (χ2v) is 7.69. The lowest BCUT2D eigenvalue weighted by atomic mass is 10.1. The molecule has 3 heterocycles. The first-order valence-corrected chi connectivity index (χ1v) is 10.2. The van der Waals surface area contributed by atoms with Crippen LogP contribution in [0.5, 0.6) is 0 Å². The number of pyridine rings is 1. The van der Waals surface area contributed by atoms with Crippen molar-refractivity contribution in [2.24, 2.45) is 0 Å². The molecule has 0 saturated carbocycles. The molecule has 0 atom stereocenters. The Labute approximate surface area is 185 Å². The highest BCUT2D eigenvalue weighted by atomic mass is 19.4. The lowest BCUT2D eigenvalue weighted by molar-refractivity contribution is -0.138. The standard InChI is InChI=1S/C20H23F5N6O2/c1-19(21,22)13-4-5-16(27-12-13)30-7-9-31(10-8-30)17(32)3-2-6-26-15-11-14(20(23,24)25)18(33)29-28-15/h4-5,11-12H,2-3,6-10H2,1H3,(H,26,28)(H,29,33). The number of rotatable bonds is 7. The van der Waals surface area contributed by atoms with E-state index in [9.17, 15) is 31.5 Å². The minimum Gasteiger partial charge on any atom is -0.369 e. The molecule has 33 heavy (non-hydrogen) atoms. The Morgan fingerprint density at radius 2 is 1.85 bits per heavy atom. The summed E-state index contributed by atoms with van der Waals surface area (Å²) in [5.74, 6) is -2.64. The van der Waals surface area contributed by atoms with Gasteiger partial charge in [-0.1, -0.05) is 0 Å². The molecule has 2 aromatic heterocycles. The highest BCUT2D eigenvalue weighted by Gasteiger charge is 2.34. The van der Waals surface area contributed by atoms with Crippen LogP contribution in [0.25, 0.3) is 0 Å². The van der Waals surface area contributed by atoms with Gasteiger partial charge in [0.15, 0.2) is 0 Å². The average Bonchev–Trinajstić information content (AvgIpc) is 2.76. The first-order valence-electron chi connectivity index (χ1n) is 10.2. The van der Waals surface area contributed by atoms with Crippen LogP contribution in [-0.2, 0) is 16.9 Å². The number of aromatic nitrogens is 3. The van der Waals surface area contributed by atoms with Crippen molar-refractivity contribution in [2.45, 2.75) is 31.9 Å². The predicted molar refractivity (Wildman–Crippen MR) is 110 cm³/mol. The van der Waals surface area contributed by atoms with Gasteiger partial charge >= 0.3 is 6.18 Å². The Morgan fingerprint density at radius 1 is 1.15 bits per heavy atom. The lowest BCUT2D eigenvalue weighted by Crippen LogP contribution is -2.49. The smallest absolute Gasteiger partial charge is 0.369 e. The normalized spacial score (nSPS) is 15.0. The fourth-order valence-electron chi connectivity index (χ4n) is 3.34. The molecule has 0 aromatic carbocycles. The minimum atomic E-state index is -4.79. The molecule has 0 aliphatic carbocycles. The Hall–Kier alpha value is -3.25. The van der Waals surface area contributed by atoms with E-state index in [1.165, 1.54) is 12.1 Å². The molecule has 1 aliphatic rings. The second-order valence-electron chi connectivity index (χ2n) is 7.69. The Morgan fingerprint density at radius 3 is 2.42 bits per heavy atom. The van der Waals surface area contributed by atoms with E-state index in [4.69, 9.17) is 0 Å². The van der Waals surface area contributed by atoms with Crippen molar-refractivity contribution in [1.82, 2.24) is 20.1 Å². The molecular weight excluding hydrogens is 451 g/mol. The van der Waals surface area contributed by atoms with Crippen LogP contribution in [0.15, 0.2) is 29.2 Å². The second kappa shape index (κ2) is 9.71. The van der Waals surface area contributed by atoms with Crippen LogP contribution in [-0.4, -0.2) is 58.7 Å². The zero-order valence-corrected chi connectivity index (χ0v) is 17.8. The maximum absolute atomic E-state index is 13.3. The van der Waals surface area contributed by atoms with Crippen LogP contribution in [0, 0.1) is 0 Å². The average molecular weight is 474 g/mol. The minimum absolute atomic E-state index is 0.101. The molecular formula is C20H23F5N6O2. The van der Waals surface area contributed by atoms with Gasteiger partial charge < -0.3 is 15.1 Å². The van der Waals surface area contributed by atoms with Gasteiger partial charge in [-0.25, -0.2) is 18.9 Å². The van der Waals surface area contributed by atoms with Crippen LogP contribution >= 0.6 is 0 Å². The largest absolute Gasteiger partial charge is 0.421 e. The van der Waals surface area contributed by atoms with Gasteiger partial charge in [0.05, 0.1) is 0 Å². The molecule has 180 valence electrons. The van der Waals surface area contributed by atoms with Crippen LogP contribution in [0.3, 0.4) is 0 Å². The van der Waals surface area contributed by atoms with Crippen molar-refractivity contribution >= 4 is 17.5 Å². The maximum atomic E-state index is 13.3. The molecule has 1 aliphatic heterocycles. The van der Waals surface area contributed by atoms with Crippen LogP contribution in [0.2, 0.25) is 0 Å². The van der Waals surface area contributed by atoms with Crippen molar-refractivity contribution < 1.29 is 26.7 Å². The van der Waals surface area contributed by atoms with Crippen molar-refractivity contribution in [3.8, 4) is 0 Å². The van der Waals surface area contributed by atoms with E-state index in [1.807, 2.05) is 4.90 Å². The predicted octanol–water partition coefficient (Wildman–Crippen LogP) is 2.84. The number of H-pyrrole nitrogens is 1. The highest BCUT2D eigenvalue weighted by Crippen LogP contribution is 2.28. The third-order valence-electron chi connectivity index (χ3n) is 5.19. The van der Waals surface area contributed by atoms with E-state index in [0.29, 0.717) is 44.5 Å². The summed E-state index contributed by atoms with van der Waals surface area (Å²) in [6.45, 7) is 2.88. The highest BCUT2D eigenvalue weighted by molar-refractivity contribution is 5.76. The van der Waals surface area contributed by atoms with Gasteiger partial charge in [-0.05, 0) is 18.6 Å². The molecule has 0 radical (unpaired) electrons. The van der Waals surface area contributed by atoms with Gasteiger partial charge in [-0.15, -0.1) is 0 Å². The summed E-state index contributed by atoms with van der Waals surface area (Å²) in [5, 5.41) is 7.98. The number of alkyl halides is 5. The number of amides is 1. The number of piperazine rings is 1. The first kappa shape index (κ1) is 24.4. The summed E-state index contributed by atoms with van der Waals surface area (Å²) in [6, 6.07) is 3.49. The van der Waals surface area contributed by atoms with Crippen molar-refractivity contribution in [3.05, 3.63) is 45.9 Å². The Bertz CT molecular complexity index is 1010. The zero-order chi connectivity index (χ0) is 24.2. The van der Waals surface area contributed by atoms with Crippen LogP contribution in [0.1, 0.15) is 30.9 Å². The molecule has 2 N–H and O–H groups in total. The molecule has 1 amide bonds. The van der Waals surface area contributed by atoms with Gasteiger partial charge in [0.25, 0.3) is 11.5 Å². The monoisotopic (exact) mass is 474 g/mol. The molecule has 3 rings (SSSR count). The van der Waals surface area contributed by atoms with Gasteiger partial charge in [0.1, 0.15) is 17.2 Å². The topological polar surface area (TPSA) is 94.2 Å². The number of anilines is 2.